The van der Waals surface area contributed by atoms with E-state index >= 15 is 0 Å². The van der Waals surface area contributed by atoms with Gasteiger partial charge in [-0.2, -0.15) is 11.8 Å². The van der Waals surface area contributed by atoms with E-state index in [2.05, 4.69) is 12.2 Å². The minimum Gasteiger partial charge on any atom is -0.353 e. The van der Waals surface area contributed by atoms with Crippen LogP contribution in [0.4, 0.5) is 0 Å². The summed E-state index contributed by atoms with van der Waals surface area (Å²) in [5, 5.41) is 2.96. The van der Waals surface area contributed by atoms with Crippen LogP contribution < -0.4 is 11.1 Å². The van der Waals surface area contributed by atoms with Crippen molar-refractivity contribution in [3.8, 4) is 0 Å². The highest BCUT2D eigenvalue weighted by Crippen LogP contribution is 2.03. The van der Waals surface area contributed by atoms with E-state index in [9.17, 15) is 4.79 Å². The average Bonchev–Trinajstić information content (AvgIpc) is 2.14. The Bertz CT molecular complexity index is 164. The zero-order chi connectivity index (χ0) is 11.0. The molecule has 0 heterocycles. The Morgan fingerprint density at radius 2 is 2.14 bits per heavy atom. The number of nitrogens with one attached hydrogen (secondary N) is 1. The maximum Gasteiger partial charge on any atom is 0.220 e. The van der Waals surface area contributed by atoms with E-state index in [4.69, 9.17) is 5.73 Å². The van der Waals surface area contributed by atoms with Crippen LogP contribution in [0.2, 0.25) is 0 Å². The van der Waals surface area contributed by atoms with Crippen molar-refractivity contribution in [3.05, 3.63) is 0 Å². The first kappa shape index (κ1) is 13.8. The maximum absolute atomic E-state index is 11.4. The first-order valence-corrected chi connectivity index (χ1v) is 6.32. The standard InChI is InChI=1S/C10H22N2OS/c1-4-14-7-9(3)12-10(13)5-8(2)6-11/h8-9H,4-7,11H2,1-3H3,(H,12,13). The molecule has 0 aliphatic heterocycles. The van der Waals surface area contributed by atoms with Crippen molar-refractivity contribution in [1.29, 1.82) is 0 Å². The van der Waals surface area contributed by atoms with Crippen molar-refractivity contribution in [2.75, 3.05) is 18.1 Å². The predicted octanol–water partition coefficient (Wildman–Crippen LogP) is 1.23. The molecule has 0 spiro atoms. The fraction of sp³-hybridized carbons (Fsp3) is 0.900. The van der Waals surface area contributed by atoms with Gasteiger partial charge in [0.05, 0.1) is 0 Å². The predicted molar refractivity (Wildman–Crippen MR) is 63.4 cm³/mol. The molecular formula is C10H22N2OS. The molecule has 4 heteroatoms. The van der Waals surface area contributed by atoms with E-state index in [1.807, 2.05) is 25.6 Å². The Hall–Kier alpha value is -0.220. The van der Waals surface area contributed by atoms with Gasteiger partial charge >= 0.3 is 0 Å². The summed E-state index contributed by atoms with van der Waals surface area (Å²) < 4.78 is 0. The van der Waals surface area contributed by atoms with Crippen LogP contribution >= 0.6 is 11.8 Å². The van der Waals surface area contributed by atoms with Gasteiger partial charge in [0.1, 0.15) is 0 Å². The molecule has 2 unspecified atom stereocenters. The van der Waals surface area contributed by atoms with Gasteiger partial charge in [-0.1, -0.05) is 13.8 Å². The third-order valence-corrected chi connectivity index (χ3v) is 3.06. The summed E-state index contributed by atoms with van der Waals surface area (Å²) in [5.74, 6) is 2.48. The highest BCUT2D eigenvalue weighted by atomic mass is 32.2. The van der Waals surface area contributed by atoms with E-state index in [0.717, 1.165) is 11.5 Å². The number of hydrogen-bond donors (Lipinski definition) is 2. The zero-order valence-corrected chi connectivity index (χ0v) is 10.2. The molecule has 3 nitrogen and oxygen atoms in total. The van der Waals surface area contributed by atoms with Crippen molar-refractivity contribution < 1.29 is 4.79 Å². The number of amides is 1. The molecule has 84 valence electrons. The molecule has 0 bridgehead atoms. The highest BCUT2D eigenvalue weighted by molar-refractivity contribution is 7.99. The largest absolute Gasteiger partial charge is 0.353 e. The van der Waals surface area contributed by atoms with Crippen molar-refractivity contribution in [2.24, 2.45) is 11.7 Å². The van der Waals surface area contributed by atoms with Crippen LogP contribution in [0.5, 0.6) is 0 Å². The molecule has 0 aromatic rings. The number of carbonyl (C=O) groups excluding carboxylic acids is 1. The topological polar surface area (TPSA) is 55.1 Å². The van der Waals surface area contributed by atoms with Gasteiger partial charge in [0.15, 0.2) is 0 Å². The average molecular weight is 218 g/mol. The molecule has 1 amide bonds. The molecule has 0 aliphatic carbocycles. The lowest BCUT2D eigenvalue weighted by molar-refractivity contribution is -0.122. The lowest BCUT2D eigenvalue weighted by Gasteiger charge is -2.14. The Morgan fingerprint density at radius 3 is 2.64 bits per heavy atom. The number of rotatable bonds is 7. The molecule has 0 saturated heterocycles. The van der Waals surface area contributed by atoms with Gasteiger partial charge in [-0.25, -0.2) is 0 Å². The summed E-state index contributed by atoms with van der Waals surface area (Å²) in [6.45, 7) is 6.72. The smallest absolute Gasteiger partial charge is 0.220 e. The lowest BCUT2D eigenvalue weighted by Crippen LogP contribution is -2.35. The second kappa shape index (κ2) is 8.12. The number of hydrogen-bond acceptors (Lipinski definition) is 3. The zero-order valence-electron chi connectivity index (χ0n) is 9.38. The Labute approximate surface area is 91.2 Å². The Balaban J connectivity index is 3.60. The number of carbonyl (C=O) groups is 1. The summed E-state index contributed by atoms with van der Waals surface area (Å²) in [6.07, 6.45) is 0.539. The minimum absolute atomic E-state index is 0.118. The van der Waals surface area contributed by atoms with E-state index in [-0.39, 0.29) is 17.9 Å². The van der Waals surface area contributed by atoms with Crippen LogP contribution in [0.3, 0.4) is 0 Å². The van der Waals surface area contributed by atoms with Crippen LogP contribution in [-0.2, 0) is 4.79 Å². The van der Waals surface area contributed by atoms with Crippen LogP contribution in [0.15, 0.2) is 0 Å². The van der Waals surface area contributed by atoms with Gasteiger partial charge in [-0.3, -0.25) is 4.79 Å². The number of thioether (sulfide) groups is 1. The molecule has 0 fully saturated rings. The Kier molecular flexibility index (Phi) is 7.99. The summed E-state index contributed by atoms with van der Waals surface area (Å²) in [5.41, 5.74) is 5.45. The van der Waals surface area contributed by atoms with Gasteiger partial charge < -0.3 is 11.1 Å². The van der Waals surface area contributed by atoms with E-state index in [1.54, 1.807) is 0 Å². The third kappa shape index (κ3) is 7.21. The van der Waals surface area contributed by atoms with Gasteiger partial charge in [0.25, 0.3) is 0 Å². The fourth-order valence-corrected chi connectivity index (χ4v) is 1.74. The van der Waals surface area contributed by atoms with Crippen molar-refractivity contribution >= 4 is 17.7 Å². The maximum atomic E-state index is 11.4. The third-order valence-electron chi connectivity index (χ3n) is 1.92. The molecule has 2 atom stereocenters. The van der Waals surface area contributed by atoms with E-state index < -0.39 is 0 Å². The Morgan fingerprint density at radius 1 is 1.50 bits per heavy atom. The molecule has 14 heavy (non-hydrogen) atoms. The summed E-state index contributed by atoms with van der Waals surface area (Å²) in [6, 6.07) is 0.262. The molecule has 0 saturated carbocycles. The van der Waals surface area contributed by atoms with Gasteiger partial charge in [0, 0.05) is 18.2 Å². The van der Waals surface area contributed by atoms with E-state index in [0.29, 0.717) is 13.0 Å². The lowest BCUT2D eigenvalue weighted by atomic mass is 10.1. The first-order valence-electron chi connectivity index (χ1n) is 5.17. The molecule has 3 N–H and O–H groups in total. The highest BCUT2D eigenvalue weighted by Gasteiger charge is 2.10. The van der Waals surface area contributed by atoms with Crippen molar-refractivity contribution in [2.45, 2.75) is 33.2 Å². The van der Waals surface area contributed by atoms with Crippen LogP contribution in [-0.4, -0.2) is 30.0 Å². The van der Waals surface area contributed by atoms with Gasteiger partial charge in [0.2, 0.25) is 5.91 Å². The summed E-state index contributed by atoms with van der Waals surface area (Å²) in [7, 11) is 0. The van der Waals surface area contributed by atoms with Crippen molar-refractivity contribution in [3.63, 3.8) is 0 Å². The summed E-state index contributed by atoms with van der Waals surface area (Å²) >= 11 is 1.84. The molecule has 0 radical (unpaired) electrons. The van der Waals surface area contributed by atoms with E-state index in [1.165, 1.54) is 0 Å². The van der Waals surface area contributed by atoms with Crippen LogP contribution in [0.1, 0.15) is 27.2 Å². The SMILES string of the molecule is CCSCC(C)NC(=O)CC(C)CN. The van der Waals surface area contributed by atoms with Crippen LogP contribution in [0, 0.1) is 5.92 Å². The monoisotopic (exact) mass is 218 g/mol. The second-order valence-corrected chi connectivity index (χ2v) is 4.99. The quantitative estimate of drug-likeness (QED) is 0.676. The second-order valence-electron chi connectivity index (χ2n) is 3.67. The van der Waals surface area contributed by atoms with Crippen LogP contribution in [0.25, 0.3) is 0 Å². The molecular weight excluding hydrogens is 196 g/mol. The minimum atomic E-state index is 0.118. The van der Waals surface area contributed by atoms with Crippen molar-refractivity contribution in [1.82, 2.24) is 5.32 Å². The molecule has 0 aliphatic rings. The normalized spacial score (nSPS) is 14.9. The van der Waals surface area contributed by atoms with Gasteiger partial charge in [-0.15, -0.1) is 0 Å². The first-order chi connectivity index (χ1) is 6.60. The molecule has 0 aromatic heterocycles. The number of nitrogens with two attached hydrogens (primary N) is 1. The molecule has 0 rings (SSSR count). The fourth-order valence-electron chi connectivity index (χ4n) is 1.07. The van der Waals surface area contributed by atoms with Gasteiger partial charge in [-0.05, 0) is 25.1 Å². The molecule has 0 aromatic carbocycles. The summed E-state index contributed by atoms with van der Waals surface area (Å²) in [4.78, 5) is 11.4.